The topological polar surface area (TPSA) is 34.4 Å². The summed E-state index contributed by atoms with van der Waals surface area (Å²) in [6, 6.07) is 4.02. The Kier molecular flexibility index (Phi) is 2.77. The monoisotopic (exact) mass is 216 g/mol. The summed E-state index contributed by atoms with van der Waals surface area (Å²) in [6.07, 6.45) is 4.35. The van der Waals surface area contributed by atoms with E-state index in [0.29, 0.717) is 12.3 Å². The second kappa shape index (κ2) is 4.08. The van der Waals surface area contributed by atoms with Crippen LogP contribution in [0.4, 0.5) is 0 Å². The number of hydrogen-bond acceptors (Lipinski definition) is 2. The molecule has 0 aromatic carbocycles. The average molecular weight is 216 g/mol. The molecular formula is C13H16N2O. The van der Waals surface area contributed by atoms with E-state index in [9.17, 15) is 4.79 Å². The van der Waals surface area contributed by atoms with Crippen molar-refractivity contribution >= 4 is 11.3 Å². The van der Waals surface area contributed by atoms with Gasteiger partial charge >= 0.3 is 0 Å². The summed E-state index contributed by atoms with van der Waals surface area (Å²) in [5.41, 5.74) is 2.11. The molecule has 3 heteroatoms. The van der Waals surface area contributed by atoms with Gasteiger partial charge in [0.05, 0.1) is 11.7 Å². The van der Waals surface area contributed by atoms with Crippen LogP contribution in [-0.4, -0.2) is 15.2 Å². The molecule has 2 rings (SSSR count). The minimum atomic E-state index is 0.188. The van der Waals surface area contributed by atoms with Gasteiger partial charge in [-0.05, 0) is 24.6 Å². The maximum atomic E-state index is 11.0. The highest BCUT2D eigenvalue weighted by molar-refractivity contribution is 5.78. The van der Waals surface area contributed by atoms with Gasteiger partial charge in [0.15, 0.2) is 0 Å². The number of carbonyl (C=O) groups is 1. The molecule has 0 atom stereocenters. The first kappa shape index (κ1) is 10.9. The number of rotatable bonds is 3. The van der Waals surface area contributed by atoms with Crippen molar-refractivity contribution in [3.63, 3.8) is 0 Å². The van der Waals surface area contributed by atoms with Crippen LogP contribution in [0.5, 0.6) is 0 Å². The van der Waals surface area contributed by atoms with Gasteiger partial charge in [0.25, 0.3) is 0 Å². The molecule has 0 aliphatic heterocycles. The second-order valence-electron chi connectivity index (χ2n) is 4.48. The summed E-state index contributed by atoms with van der Waals surface area (Å²) in [7, 11) is 0. The fraction of sp³-hybridized carbons (Fsp3) is 0.385. The van der Waals surface area contributed by atoms with Crippen molar-refractivity contribution in [3.05, 3.63) is 35.9 Å². The highest BCUT2D eigenvalue weighted by Crippen LogP contribution is 2.16. The maximum absolute atomic E-state index is 11.0. The van der Waals surface area contributed by atoms with E-state index in [1.165, 1.54) is 0 Å². The summed E-state index contributed by atoms with van der Waals surface area (Å²) in [5.74, 6) is 1.65. The van der Waals surface area contributed by atoms with Crippen LogP contribution in [0.3, 0.4) is 0 Å². The van der Waals surface area contributed by atoms with E-state index in [2.05, 4.69) is 23.2 Å². The van der Waals surface area contributed by atoms with Crippen LogP contribution in [0.1, 0.15) is 38.1 Å². The minimum Gasteiger partial charge on any atom is -0.304 e. The molecule has 0 saturated carbocycles. The Labute approximate surface area is 95.1 Å². The lowest BCUT2D eigenvalue weighted by atomic mass is 10.1. The molecule has 0 N–H and O–H groups in total. The predicted molar refractivity (Wildman–Crippen MR) is 63.7 cm³/mol. The van der Waals surface area contributed by atoms with E-state index < -0.39 is 0 Å². The average Bonchev–Trinajstić information content (AvgIpc) is 2.59. The molecule has 0 unspecified atom stereocenters. The third-order valence-electron chi connectivity index (χ3n) is 2.59. The molecule has 0 spiro atoms. The molecule has 0 aliphatic carbocycles. The molecule has 0 amide bonds. The lowest BCUT2D eigenvalue weighted by Gasteiger charge is -2.05. The van der Waals surface area contributed by atoms with Gasteiger partial charge < -0.3 is 4.40 Å². The number of ketones is 1. The summed E-state index contributed by atoms with van der Waals surface area (Å²) in [5, 5.41) is 0. The molecule has 0 saturated heterocycles. The third kappa shape index (κ3) is 1.98. The van der Waals surface area contributed by atoms with Crippen LogP contribution in [0.15, 0.2) is 24.5 Å². The highest BCUT2D eigenvalue weighted by Gasteiger charge is 2.08. The zero-order chi connectivity index (χ0) is 11.7. The number of pyridine rings is 1. The van der Waals surface area contributed by atoms with Crippen molar-refractivity contribution in [3.8, 4) is 0 Å². The number of carbonyl (C=O) groups excluding carboxylic acids is 1. The van der Waals surface area contributed by atoms with Crippen molar-refractivity contribution in [1.82, 2.24) is 9.38 Å². The van der Waals surface area contributed by atoms with Crippen LogP contribution in [0.25, 0.3) is 5.52 Å². The quantitative estimate of drug-likeness (QED) is 0.790. The zero-order valence-corrected chi connectivity index (χ0v) is 9.90. The van der Waals surface area contributed by atoms with Gasteiger partial charge in [-0.15, -0.1) is 0 Å². The van der Waals surface area contributed by atoms with Crippen LogP contribution in [0, 0.1) is 0 Å². The smallest absolute Gasteiger partial charge is 0.134 e. The van der Waals surface area contributed by atoms with Gasteiger partial charge in [0.2, 0.25) is 0 Å². The van der Waals surface area contributed by atoms with Crippen molar-refractivity contribution in [2.24, 2.45) is 0 Å². The van der Waals surface area contributed by atoms with Gasteiger partial charge in [-0.25, -0.2) is 4.98 Å². The van der Waals surface area contributed by atoms with E-state index in [4.69, 9.17) is 0 Å². The van der Waals surface area contributed by atoms with Crippen molar-refractivity contribution < 1.29 is 4.79 Å². The Morgan fingerprint density at radius 1 is 1.50 bits per heavy atom. The van der Waals surface area contributed by atoms with Crippen LogP contribution in [0.2, 0.25) is 0 Å². The fourth-order valence-electron chi connectivity index (χ4n) is 1.89. The van der Waals surface area contributed by atoms with Crippen molar-refractivity contribution in [2.75, 3.05) is 0 Å². The summed E-state index contributed by atoms with van der Waals surface area (Å²) >= 11 is 0. The third-order valence-corrected chi connectivity index (χ3v) is 2.59. The summed E-state index contributed by atoms with van der Waals surface area (Å²) in [6.45, 7) is 5.86. The van der Waals surface area contributed by atoms with E-state index in [-0.39, 0.29) is 5.78 Å². The highest BCUT2D eigenvalue weighted by atomic mass is 16.1. The largest absolute Gasteiger partial charge is 0.304 e. The summed E-state index contributed by atoms with van der Waals surface area (Å²) < 4.78 is 2.08. The molecule has 2 aromatic heterocycles. The second-order valence-corrected chi connectivity index (χ2v) is 4.48. The standard InChI is InChI=1S/C13H16N2O/c1-9(2)13-14-8-12-7-11(6-10(3)16)4-5-15(12)13/h4-5,7-9H,6H2,1-3H3. The number of imidazole rings is 1. The Bertz CT molecular complexity index is 526. The molecule has 0 bridgehead atoms. The first-order chi connectivity index (χ1) is 7.58. The van der Waals surface area contributed by atoms with Crippen LogP contribution < -0.4 is 0 Å². The molecule has 16 heavy (non-hydrogen) atoms. The van der Waals surface area contributed by atoms with Crippen LogP contribution >= 0.6 is 0 Å². The Morgan fingerprint density at radius 2 is 2.25 bits per heavy atom. The normalized spacial score (nSPS) is 11.2. The molecule has 0 aliphatic rings. The minimum absolute atomic E-state index is 0.188. The van der Waals surface area contributed by atoms with Gasteiger partial charge in [-0.1, -0.05) is 13.8 Å². The fourth-order valence-corrected chi connectivity index (χ4v) is 1.89. The van der Waals surface area contributed by atoms with E-state index in [1.54, 1.807) is 6.92 Å². The predicted octanol–water partition coefficient (Wildman–Crippen LogP) is 2.59. The van der Waals surface area contributed by atoms with Crippen molar-refractivity contribution in [2.45, 2.75) is 33.1 Å². The molecule has 84 valence electrons. The molecule has 0 radical (unpaired) electrons. The number of Topliss-reactive ketones (excluding diaryl/α,β-unsaturated/α-hetero) is 1. The van der Waals surface area contributed by atoms with Crippen molar-refractivity contribution in [1.29, 1.82) is 0 Å². The molecular weight excluding hydrogens is 200 g/mol. The zero-order valence-electron chi connectivity index (χ0n) is 9.90. The van der Waals surface area contributed by atoms with Gasteiger partial charge in [0, 0.05) is 18.5 Å². The summed E-state index contributed by atoms with van der Waals surface area (Å²) in [4.78, 5) is 15.4. The number of nitrogens with zero attached hydrogens (tertiary/aromatic N) is 2. The Hall–Kier alpha value is -1.64. The van der Waals surface area contributed by atoms with E-state index in [0.717, 1.165) is 16.9 Å². The Balaban J connectivity index is 2.45. The van der Waals surface area contributed by atoms with Gasteiger partial charge in [0.1, 0.15) is 11.6 Å². The van der Waals surface area contributed by atoms with Gasteiger partial charge in [-0.3, -0.25) is 4.79 Å². The van der Waals surface area contributed by atoms with Gasteiger partial charge in [-0.2, -0.15) is 0 Å². The SMILES string of the molecule is CC(=O)Cc1ccn2c(C(C)C)ncc2c1. The van der Waals surface area contributed by atoms with E-state index >= 15 is 0 Å². The lowest BCUT2D eigenvalue weighted by molar-refractivity contribution is -0.116. The van der Waals surface area contributed by atoms with Crippen LogP contribution in [-0.2, 0) is 11.2 Å². The maximum Gasteiger partial charge on any atom is 0.134 e. The Morgan fingerprint density at radius 3 is 2.88 bits per heavy atom. The number of fused-ring (bicyclic) bond motifs is 1. The first-order valence-electron chi connectivity index (χ1n) is 5.53. The number of aromatic nitrogens is 2. The number of hydrogen-bond donors (Lipinski definition) is 0. The molecule has 0 fully saturated rings. The lowest BCUT2D eigenvalue weighted by Crippen LogP contribution is -1.99. The van der Waals surface area contributed by atoms with E-state index in [1.807, 2.05) is 24.5 Å². The molecule has 2 aromatic rings. The molecule has 3 nitrogen and oxygen atoms in total. The first-order valence-corrected chi connectivity index (χ1v) is 5.53. The molecule has 2 heterocycles.